The van der Waals surface area contributed by atoms with Crippen LogP contribution in [-0.2, 0) is 14.3 Å². The lowest BCUT2D eigenvalue weighted by Gasteiger charge is -2.28. The Balaban J connectivity index is 1.95. The van der Waals surface area contributed by atoms with Gasteiger partial charge in [0.05, 0.1) is 6.61 Å². The van der Waals surface area contributed by atoms with Crippen molar-refractivity contribution < 1.29 is 14.3 Å². The lowest BCUT2D eigenvalue weighted by molar-refractivity contribution is -0.151. The van der Waals surface area contributed by atoms with E-state index in [4.69, 9.17) is 4.74 Å². The van der Waals surface area contributed by atoms with Crippen LogP contribution < -0.4 is 4.90 Å². The van der Waals surface area contributed by atoms with Crippen LogP contribution in [0.2, 0.25) is 0 Å². The lowest BCUT2D eigenvalue weighted by Crippen LogP contribution is -2.33. The van der Waals surface area contributed by atoms with Gasteiger partial charge in [-0.25, -0.2) is 0 Å². The molecule has 0 bridgehead atoms. The number of ketones is 1. The third kappa shape index (κ3) is 3.73. The highest BCUT2D eigenvalue weighted by Gasteiger charge is 2.40. The van der Waals surface area contributed by atoms with Gasteiger partial charge in [0, 0.05) is 30.6 Å². The molecule has 0 spiro atoms. The van der Waals surface area contributed by atoms with Crippen LogP contribution in [0.5, 0.6) is 0 Å². The summed E-state index contributed by atoms with van der Waals surface area (Å²) in [5.41, 5.74) is 3.10. The first kappa shape index (κ1) is 18.4. The molecular weight excluding hydrogens is 346 g/mol. The van der Waals surface area contributed by atoms with E-state index in [0.29, 0.717) is 6.42 Å². The highest BCUT2D eigenvalue weighted by molar-refractivity contribution is 7.10. The number of rotatable bonds is 5. The molecule has 136 valence electrons. The van der Waals surface area contributed by atoms with Crippen molar-refractivity contribution in [3.63, 3.8) is 0 Å². The Labute approximate surface area is 158 Å². The predicted octanol–water partition coefficient (Wildman–Crippen LogP) is 4.13. The molecule has 1 aromatic carbocycles. The zero-order chi connectivity index (χ0) is 18.7. The molecule has 0 aliphatic heterocycles. The second-order valence-corrected chi connectivity index (χ2v) is 7.55. The zero-order valence-corrected chi connectivity index (χ0v) is 16.1. The molecule has 0 amide bonds. The molecule has 0 radical (unpaired) electrons. The van der Waals surface area contributed by atoms with Crippen LogP contribution in [0.25, 0.3) is 5.57 Å². The molecule has 2 unspecified atom stereocenters. The van der Waals surface area contributed by atoms with E-state index in [0.717, 1.165) is 21.7 Å². The molecular formula is C21H23NO3S. The number of anilines is 1. The van der Waals surface area contributed by atoms with Crippen molar-refractivity contribution in [3.05, 3.63) is 58.3 Å². The number of thiophene rings is 1. The van der Waals surface area contributed by atoms with Gasteiger partial charge in [0.1, 0.15) is 5.92 Å². The Bertz CT molecular complexity index is 806. The monoisotopic (exact) mass is 369 g/mol. The van der Waals surface area contributed by atoms with Crippen LogP contribution in [0.3, 0.4) is 0 Å². The van der Waals surface area contributed by atoms with Crippen LogP contribution in [0.4, 0.5) is 5.69 Å². The largest absolute Gasteiger partial charge is 0.465 e. The van der Waals surface area contributed by atoms with E-state index >= 15 is 0 Å². The van der Waals surface area contributed by atoms with E-state index in [1.54, 1.807) is 24.3 Å². The average molecular weight is 369 g/mol. The third-order valence-corrected chi connectivity index (χ3v) is 5.67. The number of esters is 1. The molecule has 0 N–H and O–H groups in total. The minimum Gasteiger partial charge on any atom is -0.465 e. The first-order chi connectivity index (χ1) is 12.5. The minimum atomic E-state index is -0.751. The topological polar surface area (TPSA) is 46.6 Å². The molecule has 0 saturated carbocycles. The fraction of sp³-hybridized carbons (Fsp3) is 0.333. The molecule has 0 fully saturated rings. The Morgan fingerprint density at radius 3 is 2.54 bits per heavy atom. The van der Waals surface area contributed by atoms with Gasteiger partial charge in [-0.15, -0.1) is 11.3 Å². The maximum atomic E-state index is 12.8. The average Bonchev–Trinajstić information content (AvgIpc) is 3.15. The highest BCUT2D eigenvalue weighted by atomic mass is 32.1. The van der Waals surface area contributed by atoms with Gasteiger partial charge in [0.25, 0.3) is 0 Å². The molecule has 3 rings (SSSR count). The SMILES string of the molecule is CCOC(=O)C1C(=O)C=C(c2ccc(N(C)C)cc2)CC1c1cccs1. The van der Waals surface area contributed by atoms with Crippen molar-refractivity contribution in [1.82, 2.24) is 0 Å². The summed E-state index contributed by atoms with van der Waals surface area (Å²) < 4.78 is 5.17. The van der Waals surface area contributed by atoms with Crippen LogP contribution in [-0.4, -0.2) is 32.5 Å². The molecule has 0 saturated heterocycles. The maximum absolute atomic E-state index is 12.8. The fourth-order valence-electron chi connectivity index (χ4n) is 3.33. The number of hydrogen-bond acceptors (Lipinski definition) is 5. The number of hydrogen-bond donors (Lipinski definition) is 0. The van der Waals surface area contributed by atoms with E-state index < -0.39 is 11.9 Å². The summed E-state index contributed by atoms with van der Waals surface area (Å²) in [6, 6.07) is 12.1. The molecule has 1 aliphatic rings. The maximum Gasteiger partial charge on any atom is 0.317 e. The summed E-state index contributed by atoms with van der Waals surface area (Å²) in [5, 5.41) is 1.98. The first-order valence-corrected chi connectivity index (χ1v) is 9.61. The molecule has 1 heterocycles. The number of carbonyl (C=O) groups excluding carboxylic acids is 2. The summed E-state index contributed by atoms with van der Waals surface area (Å²) >= 11 is 1.58. The van der Waals surface area contributed by atoms with Crippen molar-refractivity contribution in [1.29, 1.82) is 0 Å². The third-order valence-electron chi connectivity index (χ3n) is 4.67. The van der Waals surface area contributed by atoms with Crippen LogP contribution in [0.1, 0.15) is 29.7 Å². The second kappa shape index (κ2) is 7.87. The van der Waals surface area contributed by atoms with Crippen LogP contribution >= 0.6 is 11.3 Å². The molecule has 1 aliphatic carbocycles. The van der Waals surface area contributed by atoms with Gasteiger partial charge in [0.15, 0.2) is 5.78 Å². The number of carbonyl (C=O) groups is 2. The van der Waals surface area contributed by atoms with Gasteiger partial charge in [-0.05, 0) is 54.1 Å². The normalized spacial score (nSPS) is 19.8. The van der Waals surface area contributed by atoms with E-state index in [1.807, 2.05) is 60.8 Å². The van der Waals surface area contributed by atoms with Crippen molar-refractivity contribution in [2.24, 2.45) is 5.92 Å². The van der Waals surface area contributed by atoms with E-state index in [2.05, 4.69) is 0 Å². The molecule has 1 aromatic heterocycles. The second-order valence-electron chi connectivity index (χ2n) is 6.57. The number of allylic oxidation sites excluding steroid dienone is 2. The highest BCUT2D eigenvalue weighted by Crippen LogP contribution is 2.42. The van der Waals surface area contributed by atoms with Gasteiger partial charge < -0.3 is 9.64 Å². The zero-order valence-electron chi connectivity index (χ0n) is 15.3. The Hall–Kier alpha value is -2.40. The first-order valence-electron chi connectivity index (χ1n) is 8.73. The Kier molecular flexibility index (Phi) is 5.57. The molecule has 5 heteroatoms. The van der Waals surface area contributed by atoms with Gasteiger partial charge in [-0.2, -0.15) is 0 Å². The van der Waals surface area contributed by atoms with Crippen LogP contribution in [0, 0.1) is 5.92 Å². The summed E-state index contributed by atoms with van der Waals surface area (Å²) in [6.45, 7) is 2.04. The summed E-state index contributed by atoms with van der Waals surface area (Å²) in [4.78, 5) is 28.3. The van der Waals surface area contributed by atoms with Crippen molar-refractivity contribution >= 4 is 34.3 Å². The predicted molar refractivity (Wildman–Crippen MR) is 106 cm³/mol. The summed E-state index contributed by atoms with van der Waals surface area (Å²) in [5.74, 6) is -1.51. The number of nitrogens with zero attached hydrogens (tertiary/aromatic N) is 1. The minimum absolute atomic E-state index is 0.167. The number of ether oxygens (including phenoxy) is 1. The lowest BCUT2D eigenvalue weighted by atomic mass is 9.76. The summed E-state index contributed by atoms with van der Waals surface area (Å²) in [6.07, 6.45) is 2.27. The van der Waals surface area contributed by atoms with Gasteiger partial charge >= 0.3 is 5.97 Å². The van der Waals surface area contributed by atoms with Gasteiger partial charge in [-0.1, -0.05) is 18.2 Å². The van der Waals surface area contributed by atoms with Gasteiger partial charge in [-0.3, -0.25) is 9.59 Å². The fourth-order valence-corrected chi connectivity index (χ4v) is 4.19. The van der Waals surface area contributed by atoms with E-state index in [1.165, 1.54) is 0 Å². The molecule has 2 atom stereocenters. The summed E-state index contributed by atoms with van der Waals surface area (Å²) in [7, 11) is 3.99. The van der Waals surface area contributed by atoms with Crippen LogP contribution in [0.15, 0.2) is 47.9 Å². The smallest absolute Gasteiger partial charge is 0.317 e. The van der Waals surface area contributed by atoms with Gasteiger partial charge in [0.2, 0.25) is 0 Å². The quantitative estimate of drug-likeness (QED) is 0.587. The molecule has 2 aromatic rings. The Morgan fingerprint density at radius 2 is 1.96 bits per heavy atom. The van der Waals surface area contributed by atoms with Crippen molar-refractivity contribution in [2.75, 3.05) is 25.6 Å². The number of benzene rings is 1. The van der Waals surface area contributed by atoms with E-state index in [-0.39, 0.29) is 18.3 Å². The molecule has 4 nitrogen and oxygen atoms in total. The Morgan fingerprint density at radius 1 is 1.23 bits per heavy atom. The van der Waals surface area contributed by atoms with E-state index in [9.17, 15) is 9.59 Å². The van der Waals surface area contributed by atoms with Crippen molar-refractivity contribution in [2.45, 2.75) is 19.3 Å². The molecule has 26 heavy (non-hydrogen) atoms. The standard InChI is InChI=1S/C21H23NO3S/c1-4-25-21(24)20-17(19-6-5-11-26-19)12-15(13-18(20)23)14-7-9-16(10-8-14)22(2)3/h5-11,13,17,20H,4,12H2,1-3H3. The van der Waals surface area contributed by atoms with Crippen molar-refractivity contribution in [3.8, 4) is 0 Å².